The molecule has 4 rings (SSSR count). The smallest absolute Gasteiger partial charge is 0.263 e. The van der Waals surface area contributed by atoms with Crippen molar-refractivity contribution in [3.63, 3.8) is 0 Å². The van der Waals surface area contributed by atoms with Crippen LogP contribution in [-0.2, 0) is 11.3 Å². The van der Waals surface area contributed by atoms with Crippen molar-refractivity contribution in [2.24, 2.45) is 0 Å². The van der Waals surface area contributed by atoms with Crippen molar-refractivity contribution >= 4 is 33.3 Å². The quantitative estimate of drug-likeness (QED) is 0.336. The van der Waals surface area contributed by atoms with Crippen LogP contribution >= 0.6 is 23.1 Å². The second kappa shape index (κ2) is 9.05. The highest BCUT2D eigenvalue weighted by Gasteiger charge is 2.16. The van der Waals surface area contributed by atoms with Crippen LogP contribution < -0.4 is 5.56 Å². The molecule has 3 heterocycles. The van der Waals surface area contributed by atoms with E-state index in [-0.39, 0.29) is 5.56 Å². The van der Waals surface area contributed by atoms with Crippen LogP contribution in [0.2, 0.25) is 0 Å². The molecule has 0 bridgehead atoms. The van der Waals surface area contributed by atoms with Crippen molar-refractivity contribution in [1.82, 2.24) is 14.5 Å². The molecule has 0 radical (unpaired) electrons. The largest absolute Gasteiger partial charge is 0.379 e. The van der Waals surface area contributed by atoms with Crippen molar-refractivity contribution in [2.45, 2.75) is 11.7 Å². The molecule has 1 saturated heterocycles. The Hall–Kier alpha value is -1.93. The molecular weight excluding hydrogens is 390 g/mol. The topological polar surface area (TPSA) is 47.4 Å². The van der Waals surface area contributed by atoms with Crippen molar-refractivity contribution < 1.29 is 4.74 Å². The lowest BCUT2D eigenvalue weighted by atomic mass is 10.2. The van der Waals surface area contributed by atoms with Crippen molar-refractivity contribution in [3.05, 3.63) is 59.4 Å². The van der Waals surface area contributed by atoms with E-state index in [9.17, 15) is 4.79 Å². The number of thioether (sulfide) groups is 1. The summed E-state index contributed by atoms with van der Waals surface area (Å²) in [6.07, 6.45) is 1.76. The highest BCUT2D eigenvalue weighted by atomic mass is 32.2. The molecule has 1 fully saturated rings. The number of morpholine rings is 1. The van der Waals surface area contributed by atoms with Gasteiger partial charge in [-0.05, 0) is 11.6 Å². The lowest BCUT2D eigenvalue weighted by Gasteiger charge is -2.26. The first kappa shape index (κ1) is 19.4. The molecule has 1 aromatic carbocycles. The molecule has 28 heavy (non-hydrogen) atoms. The average molecular weight is 414 g/mol. The third-order valence-electron chi connectivity index (χ3n) is 4.73. The lowest BCUT2D eigenvalue weighted by molar-refractivity contribution is 0.0410. The summed E-state index contributed by atoms with van der Waals surface area (Å²) in [5.74, 6) is 0.895. The Morgan fingerprint density at radius 1 is 1.25 bits per heavy atom. The molecule has 1 aliphatic rings. The summed E-state index contributed by atoms with van der Waals surface area (Å²) >= 11 is 3.22. The molecule has 0 unspecified atom stereocenters. The Balaban J connectivity index is 1.62. The third kappa shape index (κ3) is 4.22. The van der Waals surface area contributed by atoms with E-state index >= 15 is 0 Å². The van der Waals surface area contributed by atoms with Crippen LogP contribution in [0.5, 0.6) is 0 Å². The summed E-state index contributed by atoms with van der Waals surface area (Å²) in [6.45, 7) is 8.79. The van der Waals surface area contributed by atoms with E-state index in [2.05, 4.69) is 23.6 Å². The molecule has 0 aliphatic carbocycles. The fourth-order valence-corrected chi connectivity index (χ4v) is 5.32. The van der Waals surface area contributed by atoms with Gasteiger partial charge in [-0.3, -0.25) is 14.3 Å². The molecule has 1 aliphatic heterocycles. The minimum atomic E-state index is 0.0113. The third-order valence-corrected chi connectivity index (χ3v) is 6.76. The van der Waals surface area contributed by atoms with E-state index in [0.29, 0.717) is 11.9 Å². The van der Waals surface area contributed by atoms with Gasteiger partial charge in [0.25, 0.3) is 5.56 Å². The number of nitrogens with zero attached hydrogens (tertiary/aromatic N) is 3. The van der Waals surface area contributed by atoms with Gasteiger partial charge >= 0.3 is 0 Å². The number of ether oxygens (including phenoxy) is 1. The summed E-state index contributed by atoms with van der Waals surface area (Å²) in [6, 6.07) is 12.1. The monoisotopic (exact) mass is 413 g/mol. The molecule has 3 aromatic rings. The average Bonchev–Trinajstić information content (AvgIpc) is 3.17. The zero-order valence-electron chi connectivity index (χ0n) is 15.7. The van der Waals surface area contributed by atoms with Gasteiger partial charge in [-0.25, -0.2) is 4.98 Å². The zero-order valence-corrected chi connectivity index (χ0v) is 17.3. The number of rotatable bonds is 7. The minimum absolute atomic E-state index is 0.0113. The SMILES string of the molecule is C=CCn1c(SCCN2CCOCC2)nc2sc(-c3ccccc3)cc2c1=O. The van der Waals surface area contributed by atoms with E-state index in [0.717, 1.165) is 59.0 Å². The van der Waals surface area contributed by atoms with Crippen LogP contribution in [0.4, 0.5) is 0 Å². The molecule has 0 spiro atoms. The number of fused-ring (bicyclic) bond motifs is 1. The van der Waals surface area contributed by atoms with Gasteiger partial charge in [0.15, 0.2) is 5.16 Å². The Morgan fingerprint density at radius 3 is 2.79 bits per heavy atom. The lowest BCUT2D eigenvalue weighted by Crippen LogP contribution is -2.37. The Bertz CT molecular complexity index is 1010. The first-order chi connectivity index (χ1) is 13.8. The maximum absolute atomic E-state index is 13.1. The van der Waals surface area contributed by atoms with E-state index in [1.807, 2.05) is 24.3 Å². The molecule has 146 valence electrons. The highest BCUT2D eigenvalue weighted by Crippen LogP contribution is 2.32. The van der Waals surface area contributed by atoms with Gasteiger partial charge in [0.1, 0.15) is 4.83 Å². The molecule has 2 aromatic heterocycles. The first-order valence-corrected chi connectivity index (χ1v) is 11.2. The fourth-order valence-electron chi connectivity index (χ4n) is 3.23. The van der Waals surface area contributed by atoms with Gasteiger partial charge in [0, 0.05) is 36.8 Å². The maximum Gasteiger partial charge on any atom is 0.263 e. The van der Waals surface area contributed by atoms with Gasteiger partial charge in [0.05, 0.1) is 18.6 Å². The van der Waals surface area contributed by atoms with Crippen LogP contribution in [0, 0.1) is 0 Å². The highest BCUT2D eigenvalue weighted by molar-refractivity contribution is 7.99. The van der Waals surface area contributed by atoms with E-state index in [1.54, 1.807) is 33.7 Å². The van der Waals surface area contributed by atoms with Gasteiger partial charge in [0.2, 0.25) is 0 Å². The summed E-state index contributed by atoms with van der Waals surface area (Å²) in [5, 5.41) is 1.45. The summed E-state index contributed by atoms with van der Waals surface area (Å²) in [4.78, 5) is 22.2. The minimum Gasteiger partial charge on any atom is -0.379 e. The van der Waals surface area contributed by atoms with Crippen molar-refractivity contribution in [2.75, 3.05) is 38.6 Å². The van der Waals surface area contributed by atoms with Crippen LogP contribution in [0.15, 0.2) is 59.0 Å². The number of benzene rings is 1. The van der Waals surface area contributed by atoms with Gasteiger partial charge in [-0.1, -0.05) is 48.2 Å². The molecular formula is C21H23N3O2S2. The van der Waals surface area contributed by atoms with Crippen LogP contribution in [-0.4, -0.2) is 53.1 Å². The molecule has 0 atom stereocenters. The van der Waals surface area contributed by atoms with Gasteiger partial charge < -0.3 is 4.74 Å². The van der Waals surface area contributed by atoms with Crippen LogP contribution in [0.3, 0.4) is 0 Å². The van der Waals surface area contributed by atoms with E-state index < -0.39 is 0 Å². The van der Waals surface area contributed by atoms with Gasteiger partial charge in [-0.2, -0.15) is 0 Å². The van der Waals surface area contributed by atoms with E-state index in [4.69, 9.17) is 9.72 Å². The van der Waals surface area contributed by atoms with Crippen LogP contribution in [0.1, 0.15) is 0 Å². The van der Waals surface area contributed by atoms with E-state index in [1.165, 1.54) is 0 Å². The van der Waals surface area contributed by atoms with Gasteiger partial charge in [-0.15, -0.1) is 17.9 Å². The predicted octanol–water partition coefficient (Wildman–Crippen LogP) is 3.74. The Kier molecular flexibility index (Phi) is 6.26. The number of hydrogen-bond donors (Lipinski definition) is 0. The molecule has 0 amide bonds. The number of thiophene rings is 1. The number of hydrogen-bond acceptors (Lipinski definition) is 6. The van der Waals surface area contributed by atoms with Crippen LogP contribution in [0.25, 0.3) is 20.7 Å². The standard InChI is InChI=1S/C21H23N3O2S2/c1-2-8-24-20(25)17-15-18(16-6-4-3-5-7-16)28-19(17)22-21(24)27-14-11-23-9-12-26-13-10-23/h2-7,15H,1,8-14H2. The maximum atomic E-state index is 13.1. The Labute approximate surface area is 172 Å². The molecule has 0 saturated carbocycles. The first-order valence-electron chi connectivity index (χ1n) is 9.40. The fraction of sp³-hybridized carbons (Fsp3) is 0.333. The predicted molar refractivity (Wildman–Crippen MR) is 117 cm³/mol. The zero-order chi connectivity index (χ0) is 19.3. The molecule has 0 N–H and O–H groups in total. The number of aromatic nitrogens is 2. The second-order valence-electron chi connectivity index (χ2n) is 6.60. The van der Waals surface area contributed by atoms with Crippen molar-refractivity contribution in [1.29, 1.82) is 0 Å². The normalized spacial score (nSPS) is 15.1. The van der Waals surface area contributed by atoms with Crippen molar-refractivity contribution in [3.8, 4) is 10.4 Å². The summed E-state index contributed by atoms with van der Waals surface area (Å²) < 4.78 is 7.14. The Morgan fingerprint density at radius 2 is 2.04 bits per heavy atom. The molecule has 5 nitrogen and oxygen atoms in total. The second-order valence-corrected chi connectivity index (χ2v) is 8.69. The molecule has 7 heteroatoms. The summed E-state index contributed by atoms with van der Waals surface area (Å²) in [5.41, 5.74) is 1.12. The number of allylic oxidation sites excluding steroid dienone is 1. The summed E-state index contributed by atoms with van der Waals surface area (Å²) in [7, 11) is 0.